The molecular weight excluding hydrogens is 369 g/mol. The van der Waals surface area contributed by atoms with Crippen molar-refractivity contribution in [1.82, 2.24) is 10.1 Å². The lowest BCUT2D eigenvalue weighted by Gasteiger charge is -2.16. The predicted molar refractivity (Wildman–Crippen MR) is 100 cm³/mol. The summed E-state index contributed by atoms with van der Waals surface area (Å²) in [5.41, 5.74) is 3.74. The predicted octanol–water partition coefficient (Wildman–Crippen LogP) is 4.67. The van der Waals surface area contributed by atoms with Crippen molar-refractivity contribution in [2.75, 3.05) is 11.4 Å². The highest BCUT2D eigenvalue weighted by Crippen LogP contribution is 2.33. The average Bonchev–Trinajstić information content (AvgIpc) is 3.27. The number of benzene rings is 2. The van der Waals surface area contributed by atoms with Crippen molar-refractivity contribution in [2.24, 2.45) is 0 Å². The molecule has 1 aromatic heterocycles. The molecular formula is C20H17ClFN3O2. The Kier molecular flexibility index (Phi) is 4.44. The summed E-state index contributed by atoms with van der Waals surface area (Å²) in [6.45, 7) is 4.46. The van der Waals surface area contributed by atoms with Gasteiger partial charge in [0.05, 0.1) is 5.02 Å². The van der Waals surface area contributed by atoms with Gasteiger partial charge in [-0.3, -0.25) is 4.79 Å². The van der Waals surface area contributed by atoms with Gasteiger partial charge in [-0.2, -0.15) is 4.98 Å². The Labute approximate surface area is 160 Å². The first kappa shape index (κ1) is 17.7. The van der Waals surface area contributed by atoms with Gasteiger partial charge in [0, 0.05) is 30.1 Å². The second-order valence-corrected chi connectivity index (χ2v) is 7.17. The van der Waals surface area contributed by atoms with Crippen LogP contribution >= 0.6 is 11.6 Å². The number of nitrogens with zero attached hydrogens (tertiary/aromatic N) is 3. The zero-order valence-corrected chi connectivity index (χ0v) is 15.6. The van der Waals surface area contributed by atoms with Crippen molar-refractivity contribution in [1.29, 1.82) is 0 Å². The van der Waals surface area contributed by atoms with E-state index in [1.165, 1.54) is 23.8 Å². The Hall–Kier alpha value is -2.73. The van der Waals surface area contributed by atoms with Gasteiger partial charge in [0.1, 0.15) is 5.82 Å². The standard InChI is InChI=1S/C20H17ClFN3O2/c1-11-3-4-13(7-12(11)2)20-23-19(24-27-20)14-8-18(26)25(10-14)15-5-6-17(22)16(21)9-15/h3-7,9,14H,8,10H2,1-2H3/t14-/m0/s1. The molecule has 27 heavy (non-hydrogen) atoms. The molecule has 138 valence electrons. The van der Waals surface area contributed by atoms with Crippen molar-refractivity contribution >= 4 is 23.2 Å². The van der Waals surface area contributed by atoms with Crippen LogP contribution in [0.15, 0.2) is 40.9 Å². The van der Waals surface area contributed by atoms with Crippen molar-refractivity contribution < 1.29 is 13.7 Å². The first-order chi connectivity index (χ1) is 12.9. The third kappa shape index (κ3) is 3.32. The number of hydrogen-bond donors (Lipinski definition) is 0. The fourth-order valence-corrected chi connectivity index (χ4v) is 3.35. The van der Waals surface area contributed by atoms with Crippen LogP contribution in [0.25, 0.3) is 11.5 Å². The van der Waals surface area contributed by atoms with Gasteiger partial charge in [-0.25, -0.2) is 4.39 Å². The molecule has 0 N–H and O–H groups in total. The third-order valence-electron chi connectivity index (χ3n) is 4.90. The van der Waals surface area contributed by atoms with Crippen molar-refractivity contribution in [3.63, 3.8) is 0 Å². The Morgan fingerprint density at radius 3 is 2.74 bits per heavy atom. The van der Waals surface area contributed by atoms with Crippen LogP contribution in [0, 0.1) is 19.7 Å². The Morgan fingerprint density at radius 1 is 1.19 bits per heavy atom. The van der Waals surface area contributed by atoms with Crippen molar-refractivity contribution in [3.8, 4) is 11.5 Å². The molecule has 0 saturated carbocycles. The molecule has 1 fully saturated rings. The number of anilines is 1. The van der Waals surface area contributed by atoms with Crippen LogP contribution in [0.2, 0.25) is 5.02 Å². The van der Waals surface area contributed by atoms with Gasteiger partial charge in [0.2, 0.25) is 5.91 Å². The van der Waals surface area contributed by atoms with E-state index in [-0.39, 0.29) is 23.3 Å². The molecule has 5 nitrogen and oxygen atoms in total. The molecule has 0 aliphatic carbocycles. The molecule has 1 aliphatic rings. The van der Waals surface area contributed by atoms with Crippen molar-refractivity contribution in [3.05, 3.63) is 64.2 Å². The number of carbonyl (C=O) groups is 1. The zero-order chi connectivity index (χ0) is 19.1. The number of aryl methyl sites for hydroxylation is 2. The molecule has 1 amide bonds. The molecule has 4 rings (SSSR count). The minimum Gasteiger partial charge on any atom is -0.334 e. The maximum absolute atomic E-state index is 13.4. The average molecular weight is 386 g/mol. The second kappa shape index (κ2) is 6.78. The summed E-state index contributed by atoms with van der Waals surface area (Å²) in [5, 5.41) is 4.06. The number of aromatic nitrogens is 2. The molecule has 2 aromatic carbocycles. The maximum atomic E-state index is 13.4. The quantitative estimate of drug-likeness (QED) is 0.657. The number of hydrogen-bond acceptors (Lipinski definition) is 4. The molecule has 2 heterocycles. The monoisotopic (exact) mass is 385 g/mol. The molecule has 0 radical (unpaired) electrons. The van der Waals surface area contributed by atoms with Crippen LogP contribution in [0.4, 0.5) is 10.1 Å². The van der Waals surface area contributed by atoms with E-state index in [9.17, 15) is 9.18 Å². The SMILES string of the molecule is Cc1ccc(-c2nc([C@H]3CC(=O)N(c4ccc(F)c(Cl)c4)C3)no2)cc1C. The lowest BCUT2D eigenvalue weighted by molar-refractivity contribution is -0.117. The van der Waals surface area contributed by atoms with Crippen LogP contribution in [0.3, 0.4) is 0 Å². The Balaban J connectivity index is 1.56. The lowest BCUT2D eigenvalue weighted by Crippen LogP contribution is -2.24. The molecule has 3 aromatic rings. The number of carbonyl (C=O) groups excluding carboxylic acids is 1. The molecule has 0 bridgehead atoms. The van der Waals surface area contributed by atoms with Gasteiger partial charge in [0.15, 0.2) is 5.82 Å². The van der Waals surface area contributed by atoms with E-state index in [0.29, 0.717) is 23.9 Å². The van der Waals surface area contributed by atoms with Gasteiger partial charge < -0.3 is 9.42 Å². The number of rotatable bonds is 3. The van der Waals surface area contributed by atoms with Crippen molar-refractivity contribution in [2.45, 2.75) is 26.2 Å². The second-order valence-electron chi connectivity index (χ2n) is 6.76. The van der Waals surface area contributed by atoms with Crippen LogP contribution in [-0.4, -0.2) is 22.6 Å². The largest absolute Gasteiger partial charge is 0.334 e. The van der Waals surface area contributed by atoms with Gasteiger partial charge in [-0.15, -0.1) is 0 Å². The summed E-state index contributed by atoms with van der Waals surface area (Å²) < 4.78 is 18.8. The molecule has 7 heteroatoms. The van der Waals surface area contributed by atoms with Gasteiger partial charge >= 0.3 is 0 Å². The summed E-state index contributed by atoms with van der Waals surface area (Å²) in [7, 11) is 0. The van der Waals surface area contributed by atoms with E-state index >= 15 is 0 Å². The summed E-state index contributed by atoms with van der Waals surface area (Å²) in [6, 6.07) is 10.2. The normalized spacial score (nSPS) is 17.0. The summed E-state index contributed by atoms with van der Waals surface area (Å²) in [4.78, 5) is 18.5. The molecule has 0 spiro atoms. The highest BCUT2D eigenvalue weighted by Gasteiger charge is 2.35. The van der Waals surface area contributed by atoms with Crippen LogP contribution < -0.4 is 4.90 Å². The molecule has 1 saturated heterocycles. The minimum absolute atomic E-state index is 0.0136. The van der Waals surface area contributed by atoms with E-state index < -0.39 is 5.82 Å². The van der Waals surface area contributed by atoms with Crippen LogP contribution in [0.5, 0.6) is 0 Å². The van der Waals surface area contributed by atoms with E-state index in [0.717, 1.165) is 11.1 Å². The highest BCUT2D eigenvalue weighted by molar-refractivity contribution is 6.31. The number of halogens is 2. The first-order valence-electron chi connectivity index (χ1n) is 8.59. The van der Waals surface area contributed by atoms with E-state index in [1.807, 2.05) is 32.0 Å². The van der Waals surface area contributed by atoms with E-state index in [4.69, 9.17) is 16.1 Å². The first-order valence-corrected chi connectivity index (χ1v) is 8.97. The highest BCUT2D eigenvalue weighted by atomic mass is 35.5. The molecule has 1 aliphatic heterocycles. The summed E-state index contributed by atoms with van der Waals surface area (Å²) in [5.74, 6) is 0.140. The molecule has 0 unspecified atom stereocenters. The minimum atomic E-state index is -0.514. The Morgan fingerprint density at radius 2 is 2.00 bits per heavy atom. The maximum Gasteiger partial charge on any atom is 0.257 e. The summed E-state index contributed by atoms with van der Waals surface area (Å²) in [6.07, 6.45) is 0.265. The fourth-order valence-electron chi connectivity index (χ4n) is 3.18. The van der Waals surface area contributed by atoms with Gasteiger partial charge in [0.25, 0.3) is 5.89 Å². The lowest BCUT2D eigenvalue weighted by atomic mass is 10.1. The zero-order valence-electron chi connectivity index (χ0n) is 14.9. The topological polar surface area (TPSA) is 59.2 Å². The van der Waals surface area contributed by atoms with Gasteiger partial charge in [-0.05, 0) is 55.3 Å². The smallest absolute Gasteiger partial charge is 0.257 e. The fraction of sp³-hybridized carbons (Fsp3) is 0.250. The Bertz CT molecular complexity index is 1030. The number of amides is 1. The summed E-state index contributed by atoms with van der Waals surface area (Å²) >= 11 is 5.84. The van der Waals surface area contributed by atoms with E-state index in [1.54, 1.807) is 4.90 Å². The van der Waals surface area contributed by atoms with Crippen LogP contribution in [-0.2, 0) is 4.79 Å². The molecule has 1 atom stereocenters. The van der Waals surface area contributed by atoms with Gasteiger partial charge in [-0.1, -0.05) is 22.8 Å². The third-order valence-corrected chi connectivity index (χ3v) is 5.19. The van der Waals surface area contributed by atoms with Crippen LogP contribution in [0.1, 0.15) is 29.3 Å². The van der Waals surface area contributed by atoms with E-state index in [2.05, 4.69) is 10.1 Å².